The van der Waals surface area contributed by atoms with Crippen LogP contribution in [0.15, 0.2) is 32.9 Å². The molecule has 0 aromatic carbocycles. The number of aryl methyl sites for hydroxylation is 1. The zero-order valence-electron chi connectivity index (χ0n) is 14.4. The normalized spacial score (nSPS) is 16.2. The third-order valence-corrected chi connectivity index (χ3v) is 4.75. The minimum Gasteiger partial charge on any atom is -0.365 e. The van der Waals surface area contributed by atoms with E-state index in [1.807, 2.05) is 33.1 Å². The van der Waals surface area contributed by atoms with Crippen molar-refractivity contribution in [3.8, 4) is 0 Å². The molecular formula is C17H24N4OS. The lowest BCUT2D eigenvalue weighted by Crippen LogP contribution is -2.28. The summed E-state index contributed by atoms with van der Waals surface area (Å²) in [7, 11) is 0. The lowest BCUT2D eigenvalue weighted by Gasteiger charge is -2.18. The van der Waals surface area contributed by atoms with Gasteiger partial charge in [0, 0.05) is 22.1 Å². The maximum Gasteiger partial charge on any atom is 0.257 e. The van der Waals surface area contributed by atoms with Crippen LogP contribution in [0.25, 0.3) is 0 Å². The molecule has 1 aromatic heterocycles. The molecule has 124 valence electrons. The summed E-state index contributed by atoms with van der Waals surface area (Å²) in [5.41, 5.74) is 3.33. The molecule has 2 N–H and O–H groups in total. The molecule has 1 aliphatic rings. The number of anilines is 1. The van der Waals surface area contributed by atoms with Gasteiger partial charge in [-0.05, 0) is 54.2 Å². The van der Waals surface area contributed by atoms with E-state index in [1.54, 1.807) is 0 Å². The summed E-state index contributed by atoms with van der Waals surface area (Å²) in [5, 5.41) is 8.78. The monoisotopic (exact) mass is 332 g/mol. The first-order chi connectivity index (χ1) is 10.8. The molecule has 0 saturated heterocycles. The van der Waals surface area contributed by atoms with Gasteiger partial charge in [0.2, 0.25) is 0 Å². The smallest absolute Gasteiger partial charge is 0.257 e. The van der Waals surface area contributed by atoms with Crippen molar-refractivity contribution in [1.29, 1.82) is 0 Å². The van der Waals surface area contributed by atoms with E-state index in [0.29, 0.717) is 16.5 Å². The van der Waals surface area contributed by atoms with Crippen LogP contribution in [0.1, 0.15) is 46.2 Å². The Balaban J connectivity index is 2.27. The van der Waals surface area contributed by atoms with Crippen molar-refractivity contribution in [2.75, 3.05) is 5.32 Å². The molecule has 1 aromatic rings. The van der Waals surface area contributed by atoms with E-state index in [1.165, 1.54) is 11.3 Å². The highest BCUT2D eigenvalue weighted by molar-refractivity contribution is 7.13. The van der Waals surface area contributed by atoms with Crippen LogP contribution < -0.4 is 10.6 Å². The second-order valence-corrected chi connectivity index (χ2v) is 7.30. The van der Waals surface area contributed by atoms with Crippen molar-refractivity contribution in [2.24, 2.45) is 4.99 Å². The van der Waals surface area contributed by atoms with E-state index in [2.05, 4.69) is 34.3 Å². The number of nitrogens with zero attached hydrogens (tertiary/aromatic N) is 2. The first-order valence-corrected chi connectivity index (χ1v) is 8.51. The molecule has 6 heteroatoms. The van der Waals surface area contributed by atoms with Gasteiger partial charge in [-0.15, -0.1) is 11.3 Å². The molecule has 1 aliphatic carbocycles. The molecule has 5 nitrogen and oxygen atoms in total. The summed E-state index contributed by atoms with van der Waals surface area (Å²) in [4.78, 5) is 21.1. The molecule has 1 amide bonds. The van der Waals surface area contributed by atoms with E-state index in [4.69, 9.17) is 0 Å². The number of hydrogen-bond donors (Lipinski definition) is 2. The maximum absolute atomic E-state index is 12.7. The van der Waals surface area contributed by atoms with E-state index in [0.717, 1.165) is 29.7 Å². The Morgan fingerprint density at radius 2 is 2.04 bits per heavy atom. The summed E-state index contributed by atoms with van der Waals surface area (Å²) in [5.74, 6) is 0.507. The van der Waals surface area contributed by atoms with Gasteiger partial charge in [-0.2, -0.15) is 0 Å². The topological polar surface area (TPSA) is 66.4 Å². The van der Waals surface area contributed by atoms with Crippen LogP contribution in [-0.4, -0.2) is 23.1 Å². The highest BCUT2D eigenvalue weighted by Crippen LogP contribution is 2.36. The largest absolute Gasteiger partial charge is 0.365 e. The number of thiazole rings is 1. The zero-order chi connectivity index (χ0) is 17.2. The zero-order valence-corrected chi connectivity index (χ0v) is 15.2. The summed E-state index contributed by atoms with van der Waals surface area (Å²) in [6, 6.07) is 0. The van der Waals surface area contributed by atoms with Crippen molar-refractivity contribution in [3.63, 3.8) is 0 Å². The number of hydrogen-bond acceptors (Lipinski definition) is 5. The van der Waals surface area contributed by atoms with Gasteiger partial charge in [-0.3, -0.25) is 10.1 Å². The number of aromatic nitrogens is 1. The number of rotatable bonds is 6. The second kappa shape index (κ2) is 6.66. The van der Waals surface area contributed by atoms with E-state index in [-0.39, 0.29) is 11.4 Å². The Kier molecular flexibility index (Phi) is 5.04. The van der Waals surface area contributed by atoms with Gasteiger partial charge in [0.1, 0.15) is 5.82 Å². The van der Waals surface area contributed by atoms with Crippen molar-refractivity contribution in [1.82, 2.24) is 10.3 Å². The van der Waals surface area contributed by atoms with Crippen LogP contribution in [-0.2, 0) is 4.79 Å². The average molecular weight is 332 g/mol. The highest BCUT2D eigenvalue weighted by atomic mass is 32.1. The molecule has 2 rings (SSSR count). The van der Waals surface area contributed by atoms with Crippen LogP contribution in [0.4, 0.5) is 5.13 Å². The molecule has 0 aliphatic heterocycles. The Hall–Kier alpha value is -1.95. The van der Waals surface area contributed by atoms with Crippen LogP contribution in [0.2, 0.25) is 0 Å². The van der Waals surface area contributed by atoms with Crippen molar-refractivity contribution < 1.29 is 4.79 Å². The number of amides is 1. The lowest BCUT2D eigenvalue weighted by molar-refractivity contribution is -0.112. The lowest BCUT2D eigenvalue weighted by atomic mass is 10.0. The van der Waals surface area contributed by atoms with E-state index < -0.39 is 0 Å². The van der Waals surface area contributed by atoms with Gasteiger partial charge in [0.25, 0.3) is 5.91 Å². The van der Waals surface area contributed by atoms with Crippen molar-refractivity contribution in [3.05, 3.63) is 33.6 Å². The molecule has 1 fully saturated rings. The predicted octanol–water partition coefficient (Wildman–Crippen LogP) is 3.80. The van der Waals surface area contributed by atoms with Gasteiger partial charge in [0.15, 0.2) is 5.13 Å². The summed E-state index contributed by atoms with van der Waals surface area (Å²) < 4.78 is 0. The predicted molar refractivity (Wildman–Crippen MR) is 96.9 cm³/mol. The van der Waals surface area contributed by atoms with Crippen molar-refractivity contribution >= 4 is 29.1 Å². The van der Waals surface area contributed by atoms with Crippen LogP contribution >= 0.6 is 11.3 Å². The van der Waals surface area contributed by atoms with E-state index in [9.17, 15) is 4.79 Å². The summed E-state index contributed by atoms with van der Waals surface area (Å²) >= 11 is 1.42. The molecule has 23 heavy (non-hydrogen) atoms. The fourth-order valence-electron chi connectivity index (χ4n) is 2.31. The van der Waals surface area contributed by atoms with Gasteiger partial charge in [-0.25, -0.2) is 9.98 Å². The molecule has 0 atom stereocenters. The average Bonchev–Trinajstić information content (AvgIpc) is 3.05. The first-order valence-electron chi connectivity index (χ1n) is 7.63. The van der Waals surface area contributed by atoms with Gasteiger partial charge < -0.3 is 5.32 Å². The number of aliphatic imine (C=N–C) groups is 1. The van der Waals surface area contributed by atoms with Crippen molar-refractivity contribution in [2.45, 2.75) is 53.0 Å². The molecule has 0 bridgehead atoms. The Bertz CT molecular complexity index is 691. The molecular weight excluding hydrogens is 308 g/mol. The van der Waals surface area contributed by atoms with Crippen LogP contribution in [0.5, 0.6) is 0 Å². The fraction of sp³-hybridized carbons (Fsp3) is 0.471. The van der Waals surface area contributed by atoms with Crippen LogP contribution in [0, 0.1) is 6.92 Å². The molecule has 1 heterocycles. The van der Waals surface area contributed by atoms with Crippen LogP contribution in [0.3, 0.4) is 0 Å². The standard InChI is InChI=1S/C17H24N4OS/c1-10(2)13(15(22)20-16-19-11(3)9-23-16)12(4)14(18-6)21-17(5)7-8-17/h9,21H,6-8H2,1-5H3,(H,19,20,22)/b14-12-. The van der Waals surface area contributed by atoms with Gasteiger partial charge in [-0.1, -0.05) is 5.57 Å². The number of allylic oxidation sites excluding steroid dienone is 1. The number of carbonyl (C=O) groups excluding carboxylic acids is 1. The van der Waals surface area contributed by atoms with E-state index >= 15 is 0 Å². The third kappa shape index (κ3) is 4.28. The Labute approximate surface area is 141 Å². The molecule has 0 unspecified atom stereocenters. The minimum absolute atomic E-state index is 0.0768. The fourth-order valence-corrected chi connectivity index (χ4v) is 3.00. The number of carbonyl (C=O) groups is 1. The maximum atomic E-state index is 12.7. The molecule has 0 spiro atoms. The Morgan fingerprint density at radius 3 is 2.48 bits per heavy atom. The van der Waals surface area contributed by atoms with Gasteiger partial charge >= 0.3 is 0 Å². The van der Waals surface area contributed by atoms with Gasteiger partial charge in [0.05, 0.1) is 5.69 Å². The third-order valence-electron chi connectivity index (χ3n) is 3.88. The first kappa shape index (κ1) is 17.4. The quantitative estimate of drug-likeness (QED) is 0.473. The molecule has 1 saturated carbocycles. The molecule has 0 radical (unpaired) electrons. The minimum atomic E-state index is -0.166. The summed E-state index contributed by atoms with van der Waals surface area (Å²) in [6.07, 6.45) is 2.21. The summed E-state index contributed by atoms with van der Waals surface area (Å²) in [6.45, 7) is 13.4. The Morgan fingerprint density at radius 1 is 1.39 bits per heavy atom. The highest BCUT2D eigenvalue weighted by Gasteiger charge is 2.38. The number of nitrogens with one attached hydrogen (secondary N) is 2. The second-order valence-electron chi connectivity index (χ2n) is 6.44. The SMILES string of the molecule is C=N/C(NC1(C)CC1)=C(\C)C(C(=O)Nc1nc(C)cs1)=C(C)C.